The second-order valence-electron chi connectivity index (χ2n) is 3.93. The summed E-state index contributed by atoms with van der Waals surface area (Å²) in [6.07, 6.45) is 5.84. The number of nitrogens with one attached hydrogen (secondary N) is 1. The van der Waals surface area contributed by atoms with Crippen LogP contribution in [-0.4, -0.2) is 11.4 Å². The van der Waals surface area contributed by atoms with Crippen molar-refractivity contribution in [2.45, 2.75) is 44.6 Å². The second kappa shape index (κ2) is 2.23. The van der Waals surface area contributed by atoms with Gasteiger partial charge in [-0.05, 0) is 32.1 Å². The fourth-order valence-corrected chi connectivity index (χ4v) is 2.24. The van der Waals surface area contributed by atoms with Gasteiger partial charge >= 0.3 is 0 Å². The number of carbonyl (C=O) groups is 1. The Labute approximate surface area is 67.4 Å². The highest BCUT2D eigenvalue weighted by molar-refractivity contribution is 5.82. The largest absolute Gasteiger partial charge is 0.350 e. The van der Waals surface area contributed by atoms with E-state index in [-0.39, 0.29) is 5.54 Å². The lowest BCUT2D eigenvalue weighted by Gasteiger charge is -2.38. The molecule has 0 aromatic heterocycles. The van der Waals surface area contributed by atoms with Gasteiger partial charge in [0.05, 0.1) is 0 Å². The molecule has 2 fully saturated rings. The zero-order valence-corrected chi connectivity index (χ0v) is 7.02. The molecule has 1 saturated carbocycles. The summed E-state index contributed by atoms with van der Waals surface area (Å²) in [5, 5.41) is 3.13. The van der Waals surface area contributed by atoms with Crippen molar-refractivity contribution in [2.24, 2.45) is 5.92 Å². The molecular weight excluding hydrogens is 138 g/mol. The van der Waals surface area contributed by atoms with Gasteiger partial charge in [0, 0.05) is 11.5 Å². The highest BCUT2D eigenvalue weighted by Crippen LogP contribution is 2.42. The third kappa shape index (κ3) is 0.959. The summed E-state index contributed by atoms with van der Waals surface area (Å²) in [7, 11) is 0. The minimum absolute atomic E-state index is 0.262. The molecule has 0 radical (unpaired) electrons. The zero-order valence-electron chi connectivity index (χ0n) is 7.02. The van der Waals surface area contributed by atoms with Gasteiger partial charge in [0.2, 0.25) is 5.91 Å². The van der Waals surface area contributed by atoms with Crippen LogP contribution >= 0.6 is 0 Å². The minimum atomic E-state index is 0.262. The number of hydrogen-bond donors (Lipinski definition) is 1. The van der Waals surface area contributed by atoms with Gasteiger partial charge < -0.3 is 5.32 Å². The van der Waals surface area contributed by atoms with E-state index in [1.165, 1.54) is 19.3 Å². The SMILES string of the molecule is CCC1CC2(CCC2)NC1=O. The van der Waals surface area contributed by atoms with Crippen LogP contribution in [0.4, 0.5) is 0 Å². The first-order chi connectivity index (χ1) is 5.26. The predicted octanol–water partition coefficient (Wildman–Crippen LogP) is 1.46. The van der Waals surface area contributed by atoms with Crippen molar-refractivity contribution in [1.29, 1.82) is 0 Å². The maximum absolute atomic E-state index is 11.3. The lowest BCUT2D eigenvalue weighted by Crippen LogP contribution is -2.47. The monoisotopic (exact) mass is 153 g/mol. The lowest BCUT2D eigenvalue weighted by molar-refractivity contribution is -0.123. The van der Waals surface area contributed by atoms with E-state index in [0.29, 0.717) is 11.8 Å². The Bertz CT molecular complexity index is 184. The van der Waals surface area contributed by atoms with Crippen LogP contribution in [0.5, 0.6) is 0 Å². The van der Waals surface area contributed by atoms with Gasteiger partial charge in [-0.25, -0.2) is 0 Å². The molecule has 1 saturated heterocycles. The third-order valence-corrected chi connectivity index (χ3v) is 3.20. The number of rotatable bonds is 1. The fraction of sp³-hybridized carbons (Fsp3) is 0.889. The van der Waals surface area contributed by atoms with Crippen LogP contribution in [0.15, 0.2) is 0 Å². The van der Waals surface area contributed by atoms with Crippen LogP contribution in [0, 0.1) is 5.92 Å². The molecule has 11 heavy (non-hydrogen) atoms. The van der Waals surface area contributed by atoms with E-state index in [1.54, 1.807) is 0 Å². The van der Waals surface area contributed by atoms with E-state index in [4.69, 9.17) is 0 Å². The molecule has 2 rings (SSSR count). The van der Waals surface area contributed by atoms with Crippen LogP contribution < -0.4 is 5.32 Å². The van der Waals surface area contributed by atoms with Crippen molar-refractivity contribution in [3.8, 4) is 0 Å². The average molecular weight is 153 g/mol. The number of carbonyl (C=O) groups excluding carboxylic acids is 1. The van der Waals surface area contributed by atoms with Crippen molar-refractivity contribution in [2.75, 3.05) is 0 Å². The van der Waals surface area contributed by atoms with Gasteiger partial charge in [-0.2, -0.15) is 0 Å². The Hall–Kier alpha value is -0.530. The molecule has 0 aromatic carbocycles. The highest BCUT2D eigenvalue weighted by atomic mass is 16.2. The van der Waals surface area contributed by atoms with E-state index >= 15 is 0 Å². The summed E-state index contributed by atoms with van der Waals surface area (Å²) in [5.74, 6) is 0.613. The molecule has 0 bridgehead atoms. The van der Waals surface area contributed by atoms with Crippen LogP contribution in [0.2, 0.25) is 0 Å². The standard InChI is InChI=1S/C9H15NO/c1-2-7-6-9(4-3-5-9)10-8(7)11/h7H,2-6H2,1H3,(H,10,11). The van der Waals surface area contributed by atoms with Gasteiger partial charge in [-0.3, -0.25) is 4.79 Å². The van der Waals surface area contributed by atoms with E-state index in [0.717, 1.165) is 12.8 Å². The smallest absolute Gasteiger partial charge is 0.223 e. The summed E-state index contributed by atoms with van der Waals surface area (Å²) >= 11 is 0. The predicted molar refractivity (Wildman–Crippen MR) is 43.1 cm³/mol. The topological polar surface area (TPSA) is 29.1 Å². The minimum Gasteiger partial charge on any atom is -0.350 e. The Kier molecular flexibility index (Phi) is 1.44. The van der Waals surface area contributed by atoms with E-state index < -0.39 is 0 Å². The molecule has 1 unspecified atom stereocenters. The first-order valence-corrected chi connectivity index (χ1v) is 4.58. The Morgan fingerprint density at radius 3 is 2.64 bits per heavy atom. The fourth-order valence-electron chi connectivity index (χ4n) is 2.24. The van der Waals surface area contributed by atoms with Crippen molar-refractivity contribution >= 4 is 5.91 Å². The van der Waals surface area contributed by atoms with Crippen molar-refractivity contribution in [3.63, 3.8) is 0 Å². The van der Waals surface area contributed by atoms with Gasteiger partial charge in [0.1, 0.15) is 0 Å². The van der Waals surface area contributed by atoms with E-state index in [1.807, 2.05) is 0 Å². The molecule has 1 N–H and O–H groups in total. The van der Waals surface area contributed by atoms with Crippen molar-refractivity contribution in [3.05, 3.63) is 0 Å². The third-order valence-electron chi connectivity index (χ3n) is 3.20. The highest BCUT2D eigenvalue weighted by Gasteiger charge is 2.46. The number of amides is 1. The first kappa shape index (κ1) is 7.14. The molecule has 1 amide bonds. The molecule has 2 aliphatic rings. The van der Waals surface area contributed by atoms with Crippen LogP contribution in [0.1, 0.15) is 39.0 Å². The van der Waals surface area contributed by atoms with E-state index in [9.17, 15) is 4.79 Å². The molecule has 2 nitrogen and oxygen atoms in total. The van der Waals surface area contributed by atoms with Crippen molar-refractivity contribution < 1.29 is 4.79 Å². The Balaban J connectivity index is 2.05. The summed E-state index contributed by atoms with van der Waals surface area (Å²) in [4.78, 5) is 11.3. The zero-order chi connectivity index (χ0) is 7.90. The maximum Gasteiger partial charge on any atom is 0.223 e. The maximum atomic E-state index is 11.3. The average Bonchev–Trinajstić information content (AvgIpc) is 2.26. The number of hydrogen-bond acceptors (Lipinski definition) is 1. The van der Waals surface area contributed by atoms with Gasteiger partial charge in [0.25, 0.3) is 0 Å². The molecule has 2 heteroatoms. The molecule has 62 valence electrons. The molecule has 1 aliphatic carbocycles. The van der Waals surface area contributed by atoms with Crippen LogP contribution in [-0.2, 0) is 4.79 Å². The molecular formula is C9H15NO. The molecule has 1 heterocycles. The van der Waals surface area contributed by atoms with Gasteiger partial charge in [-0.1, -0.05) is 6.92 Å². The molecule has 1 spiro atoms. The quantitative estimate of drug-likeness (QED) is 0.607. The van der Waals surface area contributed by atoms with Gasteiger partial charge in [-0.15, -0.1) is 0 Å². The van der Waals surface area contributed by atoms with Gasteiger partial charge in [0.15, 0.2) is 0 Å². The molecule has 1 atom stereocenters. The summed E-state index contributed by atoms with van der Waals surface area (Å²) in [5.41, 5.74) is 0.262. The lowest BCUT2D eigenvalue weighted by atomic mass is 9.74. The van der Waals surface area contributed by atoms with Crippen LogP contribution in [0.3, 0.4) is 0 Å². The molecule has 0 aromatic rings. The van der Waals surface area contributed by atoms with Crippen LogP contribution in [0.25, 0.3) is 0 Å². The first-order valence-electron chi connectivity index (χ1n) is 4.58. The van der Waals surface area contributed by atoms with E-state index in [2.05, 4.69) is 12.2 Å². The Morgan fingerprint density at radius 1 is 1.64 bits per heavy atom. The Morgan fingerprint density at radius 2 is 2.36 bits per heavy atom. The summed E-state index contributed by atoms with van der Waals surface area (Å²) in [6.45, 7) is 2.10. The second-order valence-corrected chi connectivity index (χ2v) is 3.93. The molecule has 1 aliphatic heterocycles. The normalized spacial score (nSPS) is 33.5. The summed E-state index contributed by atoms with van der Waals surface area (Å²) in [6, 6.07) is 0. The summed E-state index contributed by atoms with van der Waals surface area (Å²) < 4.78 is 0. The van der Waals surface area contributed by atoms with Crippen molar-refractivity contribution in [1.82, 2.24) is 5.32 Å².